The van der Waals surface area contributed by atoms with Crippen molar-refractivity contribution in [1.82, 2.24) is 4.90 Å². The van der Waals surface area contributed by atoms with E-state index in [1.807, 2.05) is 11.9 Å². The summed E-state index contributed by atoms with van der Waals surface area (Å²) >= 11 is 0. The Morgan fingerprint density at radius 1 is 1.31 bits per heavy atom. The van der Waals surface area contributed by atoms with E-state index in [9.17, 15) is 4.79 Å². The maximum atomic E-state index is 12.1. The van der Waals surface area contributed by atoms with E-state index in [2.05, 4.69) is 34.6 Å². The first-order valence-electron chi connectivity index (χ1n) is 6.49. The van der Waals surface area contributed by atoms with Crippen LogP contribution in [-0.4, -0.2) is 23.9 Å². The van der Waals surface area contributed by atoms with Gasteiger partial charge in [-0.25, -0.2) is 0 Å². The molecule has 94 valence electrons. The smallest absolute Gasteiger partial charge is 0.222 e. The second kappa shape index (κ2) is 4.77. The third-order valence-electron chi connectivity index (χ3n) is 3.80. The molecule has 1 saturated carbocycles. The van der Waals surface area contributed by atoms with Gasteiger partial charge < -0.3 is 4.90 Å². The molecule has 0 radical (unpaired) electrons. The van der Waals surface area contributed by atoms with Gasteiger partial charge in [0.1, 0.15) is 0 Å². The maximum absolute atomic E-state index is 12.1. The Hall–Kier alpha value is -0.530. The first kappa shape index (κ1) is 13.5. The maximum Gasteiger partial charge on any atom is 0.222 e. The van der Waals surface area contributed by atoms with Gasteiger partial charge in [0.2, 0.25) is 5.91 Å². The average molecular weight is 225 g/mol. The van der Waals surface area contributed by atoms with Crippen LogP contribution in [0.5, 0.6) is 0 Å². The molecule has 2 heteroatoms. The van der Waals surface area contributed by atoms with E-state index in [-0.39, 0.29) is 5.41 Å². The van der Waals surface area contributed by atoms with Gasteiger partial charge in [0.25, 0.3) is 0 Å². The fourth-order valence-electron chi connectivity index (χ4n) is 2.54. The number of hydrogen-bond donors (Lipinski definition) is 0. The van der Waals surface area contributed by atoms with E-state index < -0.39 is 0 Å². The lowest BCUT2D eigenvalue weighted by molar-refractivity contribution is -0.132. The molecule has 0 N–H and O–H groups in total. The summed E-state index contributed by atoms with van der Waals surface area (Å²) in [7, 11) is 1.96. The lowest BCUT2D eigenvalue weighted by Crippen LogP contribution is -2.35. The van der Waals surface area contributed by atoms with Gasteiger partial charge in [-0.1, -0.05) is 34.6 Å². The van der Waals surface area contributed by atoms with Gasteiger partial charge in [0.05, 0.1) is 0 Å². The van der Waals surface area contributed by atoms with E-state index >= 15 is 0 Å². The molecule has 1 fully saturated rings. The van der Waals surface area contributed by atoms with Crippen LogP contribution in [0.3, 0.4) is 0 Å². The summed E-state index contributed by atoms with van der Waals surface area (Å²) in [6.07, 6.45) is 3.10. The molecule has 1 aliphatic carbocycles. The summed E-state index contributed by atoms with van der Waals surface area (Å²) in [5, 5.41) is 0. The third-order valence-corrected chi connectivity index (χ3v) is 3.80. The van der Waals surface area contributed by atoms with Crippen molar-refractivity contribution in [3.8, 4) is 0 Å². The minimum atomic E-state index is 0.216. The highest BCUT2D eigenvalue weighted by molar-refractivity contribution is 5.76. The largest absolute Gasteiger partial charge is 0.343 e. The van der Waals surface area contributed by atoms with Gasteiger partial charge in [-0.3, -0.25) is 4.79 Å². The van der Waals surface area contributed by atoms with Gasteiger partial charge in [-0.05, 0) is 30.1 Å². The van der Waals surface area contributed by atoms with Crippen LogP contribution < -0.4 is 0 Å². The summed E-state index contributed by atoms with van der Waals surface area (Å²) in [5.74, 6) is 1.37. The first-order chi connectivity index (χ1) is 7.23. The van der Waals surface area contributed by atoms with Crippen molar-refractivity contribution >= 4 is 5.91 Å². The fraction of sp³-hybridized carbons (Fsp3) is 0.929. The van der Waals surface area contributed by atoms with Crippen LogP contribution in [0.15, 0.2) is 0 Å². The molecular formula is C14H27NO. The molecule has 1 amide bonds. The van der Waals surface area contributed by atoms with Crippen molar-refractivity contribution < 1.29 is 4.79 Å². The van der Waals surface area contributed by atoms with E-state index in [4.69, 9.17) is 0 Å². The van der Waals surface area contributed by atoms with Crippen LogP contribution in [0.2, 0.25) is 0 Å². The number of carbonyl (C=O) groups excluding carboxylic acids is 1. The molecule has 16 heavy (non-hydrogen) atoms. The molecule has 0 aromatic rings. The molecule has 0 bridgehead atoms. The molecule has 0 heterocycles. The molecule has 1 unspecified atom stereocenters. The van der Waals surface area contributed by atoms with E-state index in [0.717, 1.165) is 0 Å². The summed E-state index contributed by atoms with van der Waals surface area (Å²) < 4.78 is 0. The molecule has 2 nitrogen and oxygen atoms in total. The quantitative estimate of drug-likeness (QED) is 0.719. The van der Waals surface area contributed by atoms with Crippen LogP contribution >= 0.6 is 0 Å². The molecule has 1 aliphatic rings. The Morgan fingerprint density at radius 2 is 1.81 bits per heavy atom. The first-order valence-corrected chi connectivity index (χ1v) is 6.49. The zero-order valence-corrected chi connectivity index (χ0v) is 11.7. The zero-order chi connectivity index (χ0) is 12.5. The number of amides is 1. The van der Waals surface area contributed by atoms with Crippen LogP contribution in [0, 0.1) is 17.3 Å². The van der Waals surface area contributed by atoms with Gasteiger partial charge in [-0.2, -0.15) is 0 Å². The van der Waals surface area contributed by atoms with E-state index in [0.29, 0.717) is 30.2 Å². The lowest BCUT2D eigenvalue weighted by atomic mass is 9.72. The summed E-state index contributed by atoms with van der Waals surface area (Å²) in [4.78, 5) is 14.1. The molecular weight excluding hydrogens is 198 g/mol. The van der Waals surface area contributed by atoms with Crippen molar-refractivity contribution in [3.05, 3.63) is 0 Å². The number of nitrogens with zero attached hydrogens (tertiary/aromatic N) is 1. The topological polar surface area (TPSA) is 20.3 Å². The van der Waals surface area contributed by atoms with Crippen LogP contribution in [0.1, 0.15) is 53.9 Å². The van der Waals surface area contributed by atoms with Gasteiger partial charge in [-0.15, -0.1) is 0 Å². The minimum absolute atomic E-state index is 0.216. The van der Waals surface area contributed by atoms with Gasteiger partial charge >= 0.3 is 0 Å². The Morgan fingerprint density at radius 3 is 2.12 bits per heavy atom. The molecule has 0 spiro atoms. The van der Waals surface area contributed by atoms with Crippen molar-refractivity contribution in [2.75, 3.05) is 7.05 Å². The predicted octanol–water partition coefficient (Wildman–Crippen LogP) is 3.32. The highest BCUT2D eigenvalue weighted by Crippen LogP contribution is 2.36. The summed E-state index contributed by atoms with van der Waals surface area (Å²) in [5.41, 5.74) is 0.216. The molecule has 0 aromatic heterocycles. The molecule has 1 rings (SSSR count). The lowest BCUT2D eigenvalue weighted by Gasteiger charge is -2.34. The highest BCUT2D eigenvalue weighted by atomic mass is 16.2. The summed E-state index contributed by atoms with van der Waals surface area (Å²) in [6.45, 7) is 11.2. The third kappa shape index (κ3) is 3.50. The van der Waals surface area contributed by atoms with Gasteiger partial charge in [0, 0.05) is 19.5 Å². The molecule has 0 aliphatic heterocycles. The van der Waals surface area contributed by atoms with Crippen LogP contribution in [0.25, 0.3) is 0 Å². The summed E-state index contributed by atoms with van der Waals surface area (Å²) in [6, 6.07) is 0.542. The SMILES string of the molecule is CC(C)C(CC(=O)N(C)C1CC1)C(C)(C)C. The van der Waals surface area contributed by atoms with Crippen molar-refractivity contribution in [3.63, 3.8) is 0 Å². The standard InChI is InChI=1S/C14H27NO/c1-10(2)12(14(3,4)5)9-13(16)15(6)11-7-8-11/h10-12H,7-9H2,1-6H3. The Labute approximate surface area is 100 Å². The monoisotopic (exact) mass is 225 g/mol. The number of rotatable bonds is 4. The predicted molar refractivity (Wildman–Crippen MR) is 68.2 cm³/mol. The van der Waals surface area contributed by atoms with Gasteiger partial charge in [0.15, 0.2) is 0 Å². The number of hydrogen-bond acceptors (Lipinski definition) is 1. The Bertz CT molecular complexity index is 248. The normalized spacial score (nSPS) is 18.7. The second-order valence-electron chi connectivity index (χ2n) is 6.66. The Balaban J connectivity index is 2.57. The van der Waals surface area contributed by atoms with Crippen molar-refractivity contribution in [2.45, 2.75) is 59.9 Å². The minimum Gasteiger partial charge on any atom is -0.343 e. The molecule has 1 atom stereocenters. The molecule has 0 aromatic carbocycles. The fourth-order valence-corrected chi connectivity index (χ4v) is 2.54. The molecule has 0 saturated heterocycles. The van der Waals surface area contributed by atoms with Crippen molar-refractivity contribution in [1.29, 1.82) is 0 Å². The van der Waals surface area contributed by atoms with E-state index in [1.54, 1.807) is 0 Å². The second-order valence-corrected chi connectivity index (χ2v) is 6.66. The number of carbonyl (C=O) groups is 1. The Kier molecular flexibility index (Phi) is 4.03. The van der Waals surface area contributed by atoms with Crippen LogP contribution in [-0.2, 0) is 4.79 Å². The highest BCUT2D eigenvalue weighted by Gasteiger charge is 2.34. The van der Waals surface area contributed by atoms with Crippen LogP contribution in [0.4, 0.5) is 0 Å². The zero-order valence-electron chi connectivity index (χ0n) is 11.7. The van der Waals surface area contributed by atoms with E-state index in [1.165, 1.54) is 12.8 Å². The van der Waals surface area contributed by atoms with Crippen molar-refractivity contribution in [2.24, 2.45) is 17.3 Å². The average Bonchev–Trinajstić information content (AvgIpc) is 2.92.